The molecule has 16 heavy (non-hydrogen) atoms. The van der Waals surface area contributed by atoms with Gasteiger partial charge in [0.1, 0.15) is 0 Å². The molecule has 2 rings (SSSR count). The second-order valence-electron chi connectivity index (χ2n) is 4.00. The molecule has 0 saturated carbocycles. The molecule has 1 heterocycles. The maximum absolute atomic E-state index is 11.8. The van der Waals surface area contributed by atoms with Gasteiger partial charge in [-0.25, -0.2) is 0 Å². The number of nitrogens with two attached hydrogens (primary N) is 1. The average Bonchev–Trinajstić information content (AvgIpc) is 2.28. The van der Waals surface area contributed by atoms with Gasteiger partial charge in [0.15, 0.2) is 0 Å². The van der Waals surface area contributed by atoms with Crippen LogP contribution in [-0.4, -0.2) is 24.7 Å². The minimum Gasteiger partial charge on any atom is -0.330 e. The summed E-state index contributed by atoms with van der Waals surface area (Å²) >= 11 is 1.63. The van der Waals surface area contributed by atoms with Crippen LogP contribution >= 0.6 is 11.8 Å². The Balaban J connectivity index is 2.38. The molecule has 0 bridgehead atoms. The van der Waals surface area contributed by atoms with Gasteiger partial charge < -0.3 is 10.6 Å². The fourth-order valence-corrected chi connectivity index (χ4v) is 2.98. The molecular formula is C12H16N2OS. The third kappa shape index (κ3) is 1.95. The number of anilines is 1. The van der Waals surface area contributed by atoms with Gasteiger partial charge in [-0.15, -0.1) is 11.8 Å². The lowest BCUT2D eigenvalue weighted by Gasteiger charge is -2.29. The van der Waals surface area contributed by atoms with Gasteiger partial charge in [-0.3, -0.25) is 4.79 Å². The number of carbonyl (C=O) groups excluding carboxylic acids is 1. The van der Waals surface area contributed by atoms with E-state index in [1.54, 1.807) is 16.7 Å². The minimum absolute atomic E-state index is 0.0119. The molecule has 4 heteroatoms. The fraction of sp³-hybridized carbons (Fsp3) is 0.417. The summed E-state index contributed by atoms with van der Waals surface area (Å²) in [5.41, 5.74) is 7.74. The number of carbonyl (C=O) groups is 1. The molecule has 1 unspecified atom stereocenters. The molecule has 1 aliphatic rings. The molecule has 1 atom stereocenters. The SMILES string of the molecule is CC1Sc2ccc(CCN)cc2N(C)C1=O. The van der Waals surface area contributed by atoms with Gasteiger partial charge in [0.25, 0.3) is 0 Å². The molecule has 2 N–H and O–H groups in total. The van der Waals surface area contributed by atoms with E-state index in [4.69, 9.17) is 5.73 Å². The van der Waals surface area contributed by atoms with E-state index < -0.39 is 0 Å². The highest BCUT2D eigenvalue weighted by atomic mass is 32.2. The lowest BCUT2D eigenvalue weighted by Crippen LogP contribution is -2.36. The summed E-state index contributed by atoms with van der Waals surface area (Å²) in [4.78, 5) is 14.8. The highest BCUT2D eigenvalue weighted by Crippen LogP contribution is 2.38. The van der Waals surface area contributed by atoms with E-state index >= 15 is 0 Å². The zero-order chi connectivity index (χ0) is 11.7. The van der Waals surface area contributed by atoms with Crippen LogP contribution in [0, 0.1) is 0 Å². The molecule has 0 saturated heterocycles. The summed E-state index contributed by atoms with van der Waals surface area (Å²) in [7, 11) is 1.84. The number of fused-ring (bicyclic) bond motifs is 1. The molecule has 1 aromatic rings. The summed E-state index contributed by atoms with van der Waals surface area (Å²) in [6.07, 6.45) is 0.857. The first kappa shape index (κ1) is 11.5. The second kappa shape index (κ2) is 4.47. The Bertz CT molecular complexity index is 419. The topological polar surface area (TPSA) is 46.3 Å². The molecular weight excluding hydrogens is 220 g/mol. The van der Waals surface area contributed by atoms with Crippen LogP contribution in [0.15, 0.2) is 23.1 Å². The van der Waals surface area contributed by atoms with Crippen LogP contribution in [0.25, 0.3) is 0 Å². The van der Waals surface area contributed by atoms with E-state index in [1.165, 1.54) is 10.5 Å². The molecule has 0 fully saturated rings. The highest BCUT2D eigenvalue weighted by molar-refractivity contribution is 8.00. The predicted octanol–water partition coefficient (Wildman–Crippen LogP) is 1.64. The average molecular weight is 236 g/mol. The molecule has 3 nitrogen and oxygen atoms in total. The van der Waals surface area contributed by atoms with Gasteiger partial charge in [-0.2, -0.15) is 0 Å². The summed E-state index contributed by atoms with van der Waals surface area (Å²) in [6.45, 7) is 2.58. The number of benzene rings is 1. The number of rotatable bonds is 2. The van der Waals surface area contributed by atoms with E-state index in [0.29, 0.717) is 6.54 Å². The van der Waals surface area contributed by atoms with Crippen LogP contribution in [0.3, 0.4) is 0 Å². The van der Waals surface area contributed by atoms with Crippen LogP contribution in [0.1, 0.15) is 12.5 Å². The smallest absolute Gasteiger partial charge is 0.239 e. The first-order chi connectivity index (χ1) is 7.63. The van der Waals surface area contributed by atoms with Crippen molar-refractivity contribution >= 4 is 23.4 Å². The fourth-order valence-electron chi connectivity index (χ4n) is 1.88. The quantitative estimate of drug-likeness (QED) is 0.849. The predicted molar refractivity (Wildman–Crippen MR) is 67.9 cm³/mol. The normalized spacial score (nSPS) is 19.8. The van der Waals surface area contributed by atoms with Gasteiger partial charge in [-0.1, -0.05) is 6.07 Å². The van der Waals surface area contributed by atoms with E-state index in [1.807, 2.05) is 14.0 Å². The Morgan fingerprint density at radius 2 is 2.25 bits per heavy atom. The van der Waals surface area contributed by atoms with Crippen LogP contribution in [-0.2, 0) is 11.2 Å². The van der Waals surface area contributed by atoms with Crippen molar-refractivity contribution in [3.8, 4) is 0 Å². The zero-order valence-corrected chi connectivity index (χ0v) is 10.4. The van der Waals surface area contributed by atoms with Gasteiger partial charge in [0.2, 0.25) is 5.91 Å². The molecule has 0 radical (unpaired) electrons. The van der Waals surface area contributed by atoms with E-state index in [0.717, 1.165) is 12.1 Å². The zero-order valence-electron chi connectivity index (χ0n) is 9.56. The van der Waals surface area contributed by atoms with Gasteiger partial charge in [-0.05, 0) is 37.6 Å². The molecule has 1 amide bonds. The van der Waals surface area contributed by atoms with Crippen molar-refractivity contribution < 1.29 is 4.79 Å². The number of hydrogen-bond donors (Lipinski definition) is 1. The van der Waals surface area contributed by atoms with Crippen LogP contribution in [0.5, 0.6) is 0 Å². The Labute approximate surface area is 100.0 Å². The van der Waals surface area contributed by atoms with Crippen LogP contribution < -0.4 is 10.6 Å². The number of thioether (sulfide) groups is 1. The standard InChI is InChI=1S/C12H16N2OS/c1-8-12(15)14(2)10-7-9(5-6-13)3-4-11(10)16-8/h3-4,7-8H,5-6,13H2,1-2H3. The largest absolute Gasteiger partial charge is 0.330 e. The lowest BCUT2D eigenvalue weighted by molar-refractivity contribution is -0.117. The maximum Gasteiger partial charge on any atom is 0.239 e. The summed E-state index contributed by atoms with van der Waals surface area (Å²) in [6, 6.07) is 6.25. The summed E-state index contributed by atoms with van der Waals surface area (Å²) in [5.74, 6) is 0.169. The lowest BCUT2D eigenvalue weighted by atomic mass is 10.1. The van der Waals surface area contributed by atoms with Crippen LogP contribution in [0.4, 0.5) is 5.69 Å². The third-order valence-electron chi connectivity index (χ3n) is 2.80. The van der Waals surface area contributed by atoms with Crippen molar-refractivity contribution in [2.75, 3.05) is 18.5 Å². The van der Waals surface area contributed by atoms with E-state index in [2.05, 4.69) is 18.2 Å². The van der Waals surface area contributed by atoms with Crippen molar-refractivity contribution in [1.82, 2.24) is 0 Å². The molecule has 0 spiro atoms. The first-order valence-electron chi connectivity index (χ1n) is 5.40. The van der Waals surface area contributed by atoms with Crippen molar-refractivity contribution in [2.45, 2.75) is 23.5 Å². The van der Waals surface area contributed by atoms with Crippen LogP contribution in [0.2, 0.25) is 0 Å². The van der Waals surface area contributed by atoms with Gasteiger partial charge >= 0.3 is 0 Å². The highest BCUT2D eigenvalue weighted by Gasteiger charge is 2.27. The van der Waals surface area contributed by atoms with Gasteiger partial charge in [0, 0.05) is 11.9 Å². The maximum atomic E-state index is 11.8. The second-order valence-corrected chi connectivity index (χ2v) is 5.38. The number of amides is 1. The Kier molecular flexibility index (Phi) is 3.21. The van der Waals surface area contributed by atoms with Crippen molar-refractivity contribution in [3.63, 3.8) is 0 Å². The summed E-state index contributed by atoms with van der Waals surface area (Å²) in [5, 5.41) is 0.0119. The Morgan fingerprint density at radius 3 is 2.94 bits per heavy atom. The third-order valence-corrected chi connectivity index (χ3v) is 3.95. The first-order valence-corrected chi connectivity index (χ1v) is 6.28. The van der Waals surface area contributed by atoms with Crippen molar-refractivity contribution in [2.24, 2.45) is 5.73 Å². The number of nitrogens with zero attached hydrogens (tertiary/aromatic N) is 1. The molecule has 86 valence electrons. The number of hydrogen-bond acceptors (Lipinski definition) is 3. The van der Waals surface area contributed by atoms with E-state index in [-0.39, 0.29) is 11.2 Å². The molecule has 0 aliphatic carbocycles. The van der Waals surface area contributed by atoms with Gasteiger partial charge in [0.05, 0.1) is 10.9 Å². The van der Waals surface area contributed by atoms with Crippen molar-refractivity contribution in [1.29, 1.82) is 0 Å². The Morgan fingerprint density at radius 1 is 1.50 bits per heavy atom. The monoisotopic (exact) mass is 236 g/mol. The minimum atomic E-state index is 0.0119. The summed E-state index contributed by atoms with van der Waals surface area (Å²) < 4.78 is 0. The molecule has 1 aromatic carbocycles. The van der Waals surface area contributed by atoms with E-state index in [9.17, 15) is 4.79 Å². The van der Waals surface area contributed by atoms with Crippen molar-refractivity contribution in [3.05, 3.63) is 23.8 Å². The molecule has 0 aromatic heterocycles. The Hall–Kier alpha value is -1.00. The molecule has 1 aliphatic heterocycles.